The molecule has 35 heavy (non-hydrogen) atoms. The number of benzene rings is 1. The lowest BCUT2D eigenvalue weighted by atomic mass is 9.99. The Balaban J connectivity index is 1.65. The smallest absolute Gasteiger partial charge is 0.317 e. The minimum atomic E-state index is -0.650. The first-order valence-corrected chi connectivity index (χ1v) is 11.5. The first-order chi connectivity index (χ1) is 17.2. The fourth-order valence-electron chi connectivity index (χ4n) is 4.05. The zero-order valence-electron chi connectivity index (χ0n) is 19.3. The number of pyridine rings is 2. The molecule has 0 radical (unpaired) electrons. The lowest BCUT2D eigenvalue weighted by Crippen LogP contribution is -2.21. The molecule has 1 aromatic carbocycles. The Bertz CT molecular complexity index is 1420. The van der Waals surface area contributed by atoms with Gasteiger partial charge in [0.25, 0.3) is 0 Å². The van der Waals surface area contributed by atoms with E-state index in [2.05, 4.69) is 32.3 Å². The first kappa shape index (κ1) is 22.3. The number of esters is 1. The normalized spacial score (nSPS) is 11.9. The molecule has 0 spiro atoms. The molecule has 8 heteroatoms. The zero-order chi connectivity index (χ0) is 24.0. The number of carbonyl (C=O) groups is 1. The topological polar surface area (TPSA) is 95.2 Å². The van der Waals surface area contributed by atoms with Gasteiger partial charge in [-0.3, -0.25) is 19.2 Å². The van der Waals surface area contributed by atoms with E-state index in [0.717, 1.165) is 28.1 Å². The van der Waals surface area contributed by atoms with Crippen molar-refractivity contribution in [2.75, 3.05) is 6.61 Å². The molecule has 174 valence electrons. The Morgan fingerprint density at radius 2 is 1.71 bits per heavy atom. The van der Waals surface area contributed by atoms with Crippen LogP contribution in [0.25, 0.3) is 16.9 Å². The van der Waals surface area contributed by atoms with Crippen LogP contribution in [0.1, 0.15) is 35.5 Å². The van der Waals surface area contributed by atoms with E-state index in [1.165, 1.54) is 0 Å². The van der Waals surface area contributed by atoms with Crippen LogP contribution in [0.15, 0.2) is 85.6 Å². The Labute approximate surface area is 202 Å². The maximum atomic E-state index is 13.1. The van der Waals surface area contributed by atoms with Gasteiger partial charge in [-0.1, -0.05) is 36.4 Å². The molecule has 8 nitrogen and oxygen atoms in total. The van der Waals surface area contributed by atoms with Crippen molar-refractivity contribution in [3.05, 3.63) is 108 Å². The fourth-order valence-corrected chi connectivity index (χ4v) is 4.05. The summed E-state index contributed by atoms with van der Waals surface area (Å²) in [7, 11) is 0. The second-order valence-corrected chi connectivity index (χ2v) is 8.10. The first-order valence-electron chi connectivity index (χ1n) is 11.5. The van der Waals surface area contributed by atoms with E-state index >= 15 is 0 Å². The van der Waals surface area contributed by atoms with Crippen LogP contribution in [0.4, 0.5) is 0 Å². The summed E-state index contributed by atoms with van der Waals surface area (Å²) in [4.78, 5) is 26.4. The van der Waals surface area contributed by atoms with Gasteiger partial charge < -0.3 is 4.74 Å². The van der Waals surface area contributed by atoms with E-state index in [1.54, 1.807) is 31.7 Å². The molecular weight excluding hydrogens is 440 g/mol. The monoisotopic (exact) mass is 464 g/mol. The average Bonchev–Trinajstić information content (AvgIpc) is 3.33. The van der Waals surface area contributed by atoms with Crippen molar-refractivity contribution < 1.29 is 9.53 Å². The number of aromatic nitrogens is 6. The highest BCUT2D eigenvalue weighted by molar-refractivity contribution is 5.78. The Hall–Kier alpha value is -4.46. The molecule has 0 saturated carbocycles. The molecule has 0 aliphatic heterocycles. The summed E-state index contributed by atoms with van der Waals surface area (Å²) in [6.07, 6.45) is 9.78. The van der Waals surface area contributed by atoms with Crippen LogP contribution in [0.5, 0.6) is 0 Å². The summed E-state index contributed by atoms with van der Waals surface area (Å²) in [5.41, 5.74) is 4.97. The summed E-state index contributed by atoms with van der Waals surface area (Å²) < 4.78 is 7.29. The number of hydrogen-bond donors (Lipinski definition) is 0. The molecule has 0 fully saturated rings. The van der Waals surface area contributed by atoms with Crippen LogP contribution in [-0.4, -0.2) is 42.1 Å². The highest BCUT2D eigenvalue weighted by Crippen LogP contribution is 2.26. The summed E-state index contributed by atoms with van der Waals surface area (Å²) in [5, 5.41) is 8.93. The fraction of sp³-hybridized carbons (Fsp3) is 0.185. The summed E-state index contributed by atoms with van der Waals surface area (Å²) in [6.45, 7) is 2.07. The highest BCUT2D eigenvalue weighted by atomic mass is 16.5. The molecule has 0 amide bonds. The zero-order valence-corrected chi connectivity index (χ0v) is 19.3. The number of carbonyl (C=O) groups excluding carboxylic acids is 1. The maximum Gasteiger partial charge on any atom is 0.317 e. The van der Waals surface area contributed by atoms with E-state index in [4.69, 9.17) is 9.72 Å². The van der Waals surface area contributed by atoms with E-state index in [-0.39, 0.29) is 12.6 Å². The average molecular weight is 465 g/mol. The van der Waals surface area contributed by atoms with Crippen molar-refractivity contribution in [3.63, 3.8) is 0 Å². The number of hydrogen-bond acceptors (Lipinski definition) is 7. The van der Waals surface area contributed by atoms with Crippen LogP contribution in [-0.2, 0) is 22.4 Å². The Morgan fingerprint density at radius 3 is 2.43 bits per heavy atom. The molecule has 5 rings (SSSR count). The highest BCUT2D eigenvalue weighted by Gasteiger charge is 2.29. The van der Waals surface area contributed by atoms with E-state index in [9.17, 15) is 4.79 Å². The van der Waals surface area contributed by atoms with Gasteiger partial charge in [0.15, 0.2) is 11.5 Å². The molecule has 0 aliphatic carbocycles. The van der Waals surface area contributed by atoms with Crippen LogP contribution in [0.2, 0.25) is 0 Å². The van der Waals surface area contributed by atoms with Crippen LogP contribution in [0.3, 0.4) is 0 Å². The summed E-state index contributed by atoms with van der Waals surface area (Å²) >= 11 is 0. The number of rotatable bonds is 8. The Morgan fingerprint density at radius 1 is 0.943 bits per heavy atom. The van der Waals surface area contributed by atoms with Crippen molar-refractivity contribution >= 4 is 11.6 Å². The lowest BCUT2D eigenvalue weighted by molar-refractivity contribution is -0.145. The van der Waals surface area contributed by atoms with Gasteiger partial charge in [-0.25, -0.2) is 4.98 Å². The third-order valence-corrected chi connectivity index (χ3v) is 5.70. The third-order valence-electron chi connectivity index (χ3n) is 5.70. The molecule has 1 atom stereocenters. The summed E-state index contributed by atoms with van der Waals surface area (Å²) in [5.74, 6) is -0.498. The quantitative estimate of drug-likeness (QED) is 0.320. The molecule has 1 unspecified atom stereocenters. The standard InChI is InChI=1S/C27H24N6O2/c1-2-35-27(34)22(14-20-10-6-12-28-16-20)25-31-32-26-23(15-19-8-4-3-5-9-19)30-24(18-33(25)26)21-11-7-13-29-17-21/h3-13,16-18,22H,2,14-15H2,1H3. The Kier molecular flexibility index (Phi) is 6.52. The SMILES string of the molecule is CCOC(=O)C(Cc1cccnc1)c1nnc2c(Cc3ccccc3)nc(-c3cccnc3)cn12. The van der Waals surface area contributed by atoms with Gasteiger partial charge in [0.05, 0.1) is 18.0 Å². The molecule has 5 aromatic rings. The van der Waals surface area contributed by atoms with Crippen molar-refractivity contribution in [2.45, 2.75) is 25.7 Å². The van der Waals surface area contributed by atoms with Gasteiger partial charge in [-0.05, 0) is 42.7 Å². The van der Waals surface area contributed by atoms with Crippen LogP contribution in [0, 0.1) is 0 Å². The van der Waals surface area contributed by atoms with Gasteiger partial charge >= 0.3 is 5.97 Å². The minimum absolute atomic E-state index is 0.279. The minimum Gasteiger partial charge on any atom is -0.465 e. The summed E-state index contributed by atoms with van der Waals surface area (Å²) in [6, 6.07) is 17.7. The van der Waals surface area contributed by atoms with E-state index in [0.29, 0.717) is 24.3 Å². The maximum absolute atomic E-state index is 13.1. The van der Waals surface area contributed by atoms with Crippen molar-refractivity contribution in [3.8, 4) is 11.3 Å². The van der Waals surface area contributed by atoms with Gasteiger partial charge in [-0.2, -0.15) is 0 Å². The van der Waals surface area contributed by atoms with Gasteiger partial charge in [-0.15, -0.1) is 10.2 Å². The van der Waals surface area contributed by atoms with Crippen molar-refractivity contribution in [2.24, 2.45) is 0 Å². The third kappa shape index (κ3) is 4.91. The second kappa shape index (κ2) is 10.2. The van der Waals surface area contributed by atoms with Gasteiger partial charge in [0.2, 0.25) is 0 Å². The molecule has 4 aromatic heterocycles. The van der Waals surface area contributed by atoms with Crippen LogP contribution < -0.4 is 0 Å². The predicted octanol–water partition coefficient (Wildman–Crippen LogP) is 4.06. The molecule has 0 saturated heterocycles. The van der Waals surface area contributed by atoms with Crippen molar-refractivity contribution in [1.82, 2.24) is 29.5 Å². The molecule has 0 bridgehead atoms. The number of ether oxygens (including phenoxy) is 1. The van der Waals surface area contributed by atoms with Crippen LogP contribution >= 0.6 is 0 Å². The number of nitrogens with zero attached hydrogens (tertiary/aromatic N) is 6. The molecular formula is C27H24N6O2. The van der Waals surface area contributed by atoms with Crippen molar-refractivity contribution in [1.29, 1.82) is 0 Å². The molecule has 0 aliphatic rings. The predicted molar refractivity (Wildman–Crippen MR) is 131 cm³/mol. The van der Waals surface area contributed by atoms with Gasteiger partial charge in [0, 0.05) is 43.0 Å². The molecule has 4 heterocycles. The number of fused-ring (bicyclic) bond motifs is 1. The van der Waals surface area contributed by atoms with E-state index < -0.39 is 5.92 Å². The molecule has 0 N–H and O–H groups in total. The second-order valence-electron chi connectivity index (χ2n) is 8.10. The largest absolute Gasteiger partial charge is 0.465 e. The van der Waals surface area contributed by atoms with E-state index in [1.807, 2.05) is 53.1 Å². The lowest BCUT2D eigenvalue weighted by Gasteiger charge is -2.15. The van der Waals surface area contributed by atoms with Gasteiger partial charge in [0.1, 0.15) is 5.92 Å².